The third-order valence-electron chi connectivity index (χ3n) is 7.79. The van der Waals surface area contributed by atoms with E-state index in [0.29, 0.717) is 31.7 Å². The van der Waals surface area contributed by atoms with Crippen LogP contribution in [0.5, 0.6) is 0 Å². The van der Waals surface area contributed by atoms with Gasteiger partial charge >= 0.3 is 5.97 Å². The number of aliphatic hydroxyl groups is 1. The molecular weight excluding hydrogens is 434 g/mol. The molecule has 7 nitrogen and oxygen atoms in total. The van der Waals surface area contributed by atoms with Crippen molar-refractivity contribution in [2.24, 2.45) is 17.8 Å². The second kappa shape index (κ2) is 12.8. The highest BCUT2D eigenvalue weighted by Gasteiger charge is 2.39. The molecule has 2 saturated heterocycles. The van der Waals surface area contributed by atoms with Crippen molar-refractivity contribution in [3.05, 3.63) is 0 Å². The summed E-state index contributed by atoms with van der Waals surface area (Å²) in [6, 6.07) is 0.404. The lowest BCUT2D eigenvalue weighted by Gasteiger charge is -2.38. The van der Waals surface area contributed by atoms with E-state index >= 15 is 0 Å². The first-order valence-corrected chi connectivity index (χ1v) is 13.3. The highest BCUT2D eigenvalue weighted by Crippen LogP contribution is 2.31. The molecule has 7 heteroatoms. The smallest absolute Gasteiger partial charge is 0.309 e. The van der Waals surface area contributed by atoms with Crippen molar-refractivity contribution in [2.45, 2.75) is 129 Å². The van der Waals surface area contributed by atoms with Gasteiger partial charge in [-0.1, -0.05) is 27.7 Å². The molecular formula is C27H49NO6. The monoisotopic (exact) mass is 483 g/mol. The van der Waals surface area contributed by atoms with E-state index in [1.165, 1.54) is 0 Å². The standard InChI is InChI=1S/C27H49NO6/c1-9-23-27(6,31)16-19(4)25(29)17(2)10-12-22(13-11-18(3)26(30)34-23)33-24-15-21(28(7)8)14-20(5)32-24/h17-24,31H,9-16H2,1-8H3/t17-,18?,19-,20?,21?,22+,23?,24?,27+/m1/s1. The molecule has 0 aromatic heterocycles. The van der Waals surface area contributed by atoms with Crippen LogP contribution in [-0.2, 0) is 23.8 Å². The minimum atomic E-state index is -1.24. The summed E-state index contributed by atoms with van der Waals surface area (Å²) in [5, 5.41) is 11.1. The summed E-state index contributed by atoms with van der Waals surface area (Å²) in [6.07, 6.45) is 4.44. The molecule has 1 N–H and O–H groups in total. The lowest BCUT2D eigenvalue weighted by molar-refractivity contribution is -0.224. The second-order valence-electron chi connectivity index (χ2n) is 11.4. The number of cyclic esters (lactones) is 1. The molecule has 2 aliphatic heterocycles. The van der Waals surface area contributed by atoms with Crippen LogP contribution in [0.2, 0.25) is 0 Å². The topological polar surface area (TPSA) is 85.3 Å². The van der Waals surface area contributed by atoms with Gasteiger partial charge in [0.15, 0.2) is 6.29 Å². The molecule has 198 valence electrons. The van der Waals surface area contributed by atoms with Gasteiger partial charge in [0.25, 0.3) is 0 Å². The molecule has 0 bridgehead atoms. The number of hydrogen-bond acceptors (Lipinski definition) is 7. The number of hydrogen-bond donors (Lipinski definition) is 1. The van der Waals surface area contributed by atoms with Crippen molar-refractivity contribution < 1.29 is 28.9 Å². The Morgan fingerprint density at radius 2 is 1.62 bits per heavy atom. The Bertz CT molecular complexity index is 666. The van der Waals surface area contributed by atoms with Crippen LogP contribution in [0.1, 0.15) is 92.9 Å². The first kappa shape index (κ1) is 29.2. The summed E-state index contributed by atoms with van der Waals surface area (Å²) >= 11 is 0. The second-order valence-corrected chi connectivity index (χ2v) is 11.4. The Morgan fingerprint density at radius 1 is 1.00 bits per heavy atom. The zero-order valence-corrected chi connectivity index (χ0v) is 22.7. The first-order chi connectivity index (χ1) is 15.8. The summed E-state index contributed by atoms with van der Waals surface area (Å²) in [4.78, 5) is 28.1. The molecule has 2 rings (SSSR count). The Morgan fingerprint density at radius 3 is 2.21 bits per heavy atom. The molecule has 34 heavy (non-hydrogen) atoms. The normalized spacial score (nSPS) is 41.7. The van der Waals surface area contributed by atoms with Crippen molar-refractivity contribution in [1.82, 2.24) is 4.90 Å². The van der Waals surface area contributed by atoms with Crippen molar-refractivity contribution in [2.75, 3.05) is 14.1 Å². The van der Waals surface area contributed by atoms with E-state index in [2.05, 4.69) is 25.9 Å². The molecule has 0 spiro atoms. The van der Waals surface area contributed by atoms with Gasteiger partial charge in [0.1, 0.15) is 11.9 Å². The van der Waals surface area contributed by atoms with Gasteiger partial charge in [-0.25, -0.2) is 0 Å². The Balaban J connectivity index is 2.17. The van der Waals surface area contributed by atoms with Crippen molar-refractivity contribution in [1.29, 1.82) is 0 Å². The number of carbonyl (C=O) groups excluding carboxylic acids is 2. The molecule has 0 radical (unpaired) electrons. The Labute approximate surface area is 206 Å². The Hall–Kier alpha value is -1.02. The van der Waals surface area contributed by atoms with Gasteiger partial charge in [0.05, 0.1) is 23.7 Å². The molecule has 5 unspecified atom stereocenters. The number of ketones is 1. The Kier molecular flexibility index (Phi) is 11.0. The number of esters is 1. The van der Waals surface area contributed by atoms with Gasteiger partial charge in [0, 0.05) is 24.3 Å². The van der Waals surface area contributed by atoms with Gasteiger partial charge in [-0.15, -0.1) is 0 Å². The summed E-state index contributed by atoms with van der Waals surface area (Å²) in [6.45, 7) is 11.4. The van der Waals surface area contributed by atoms with Crippen LogP contribution < -0.4 is 0 Å². The predicted molar refractivity (Wildman–Crippen MR) is 132 cm³/mol. The van der Waals surface area contributed by atoms with Gasteiger partial charge in [-0.3, -0.25) is 9.59 Å². The zero-order valence-electron chi connectivity index (χ0n) is 22.7. The number of ether oxygens (including phenoxy) is 3. The molecule has 0 aliphatic carbocycles. The minimum Gasteiger partial charge on any atom is -0.459 e. The van der Waals surface area contributed by atoms with Crippen molar-refractivity contribution >= 4 is 11.8 Å². The number of nitrogens with zero attached hydrogens (tertiary/aromatic N) is 1. The highest BCUT2D eigenvalue weighted by atomic mass is 16.7. The van der Waals surface area contributed by atoms with Crippen molar-refractivity contribution in [3.8, 4) is 0 Å². The molecule has 0 aromatic carbocycles. The maximum Gasteiger partial charge on any atom is 0.309 e. The van der Waals surface area contributed by atoms with E-state index in [0.717, 1.165) is 19.3 Å². The van der Waals surface area contributed by atoms with Crippen LogP contribution in [0, 0.1) is 17.8 Å². The number of Topliss-reactive ketones (excluding diaryl/α,β-unsaturated/α-hetero) is 1. The largest absolute Gasteiger partial charge is 0.459 e. The third-order valence-corrected chi connectivity index (χ3v) is 7.79. The van der Waals surface area contributed by atoms with Crippen LogP contribution in [0.15, 0.2) is 0 Å². The van der Waals surface area contributed by atoms with Crippen molar-refractivity contribution in [3.63, 3.8) is 0 Å². The highest BCUT2D eigenvalue weighted by molar-refractivity contribution is 5.82. The van der Waals surface area contributed by atoms with Crippen LogP contribution in [-0.4, -0.2) is 72.1 Å². The van der Waals surface area contributed by atoms with Gasteiger partial charge in [0.2, 0.25) is 0 Å². The number of rotatable bonds is 4. The summed E-state index contributed by atoms with van der Waals surface area (Å²) in [7, 11) is 4.17. The summed E-state index contributed by atoms with van der Waals surface area (Å²) in [5.41, 5.74) is -1.24. The summed E-state index contributed by atoms with van der Waals surface area (Å²) in [5.74, 6) is -0.899. The summed E-state index contributed by atoms with van der Waals surface area (Å²) < 4.78 is 18.3. The van der Waals surface area contributed by atoms with Gasteiger partial charge < -0.3 is 24.2 Å². The maximum absolute atomic E-state index is 13.1. The van der Waals surface area contributed by atoms with E-state index in [1.54, 1.807) is 6.92 Å². The van der Waals surface area contributed by atoms with E-state index in [-0.39, 0.29) is 54.4 Å². The van der Waals surface area contributed by atoms with Crippen LogP contribution in [0.25, 0.3) is 0 Å². The first-order valence-electron chi connectivity index (χ1n) is 13.3. The number of carbonyl (C=O) groups is 2. The molecule has 2 heterocycles. The molecule has 0 amide bonds. The fourth-order valence-electron chi connectivity index (χ4n) is 5.45. The van der Waals surface area contributed by atoms with E-state index in [1.807, 2.05) is 27.7 Å². The van der Waals surface area contributed by atoms with E-state index in [9.17, 15) is 14.7 Å². The molecule has 2 fully saturated rings. The SMILES string of the molecule is CCC1OC(=O)C(C)CC[C@@H](OC2CC(N(C)C)CC(C)O2)CC[C@@H](C)C(=O)[C@H](C)C[C@]1(C)O. The lowest BCUT2D eigenvalue weighted by Crippen LogP contribution is -2.45. The lowest BCUT2D eigenvalue weighted by atomic mass is 9.81. The molecule has 2 aliphatic rings. The quantitative estimate of drug-likeness (QED) is 0.595. The average molecular weight is 484 g/mol. The van der Waals surface area contributed by atoms with Gasteiger partial charge in [-0.05, 0) is 72.9 Å². The average Bonchev–Trinajstić information content (AvgIpc) is 2.76. The third kappa shape index (κ3) is 8.28. The molecule has 9 atom stereocenters. The van der Waals surface area contributed by atoms with Gasteiger partial charge in [-0.2, -0.15) is 0 Å². The minimum absolute atomic E-state index is 0.0908. The predicted octanol–water partition coefficient (Wildman–Crippen LogP) is 4.34. The fraction of sp³-hybridized carbons (Fsp3) is 0.926. The van der Waals surface area contributed by atoms with Crippen LogP contribution >= 0.6 is 0 Å². The van der Waals surface area contributed by atoms with E-state index < -0.39 is 11.7 Å². The van der Waals surface area contributed by atoms with Crippen LogP contribution in [0.3, 0.4) is 0 Å². The van der Waals surface area contributed by atoms with Crippen LogP contribution in [0.4, 0.5) is 0 Å². The molecule has 0 saturated carbocycles. The van der Waals surface area contributed by atoms with E-state index in [4.69, 9.17) is 14.2 Å². The maximum atomic E-state index is 13.1. The fourth-order valence-corrected chi connectivity index (χ4v) is 5.45. The molecule has 0 aromatic rings. The zero-order chi connectivity index (χ0) is 25.6.